The Morgan fingerprint density at radius 3 is 2.97 bits per heavy atom. The van der Waals surface area contributed by atoms with Crippen molar-refractivity contribution in [1.82, 2.24) is 20.5 Å². The van der Waals surface area contributed by atoms with E-state index in [2.05, 4.69) is 20.5 Å². The van der Waals surface area contributed by atoms with E-state index in [1.807, 2.05) is 11.4 Å². The molecule has 190 valence electrons. The number of hydrogen-bond acceptors (Lipinski definition) is 8. The number of rotatable bonds is 6. The molecule has 2 N–H and O–H groups in total. The molecule has 3 atom stereocenters. The Bertz CT molecular complexity index is 1210. The summed E-state index contributed by atoms with van der Waals surface area (Å²) < 4.78 is 20.1. The Kier molecular flexibility index (Phi) is 7.15. The molecule has 5 rings (SSSR count). The quantitative estimate of drug-likeness (QED) is 0.579. The normalized spacial score (nSPS) is 24.5. The third kappa shape index (κ3) is 4.92. The molecule has 2 fully saturated rings. The largest absolute Gasteiger partial charge is 0.463 e. The standard InChI is InChI=1S/C26H30FN5O3S/c1-3-35-26(34)22-20(14-32-9-7-16-11-21(33)29-12-17(16)13-32)30-24(25-28-8-10-36-25)31-23(22)18-5-4-6-19(27)15(18)2/h4-6,8,10,16-17,23H,3,7,9,11-14H2,1-2H3,(H,29,33)(H,30,31)/t16-,17+,23-/m0/s1. The fourth-order valence-electron chi connectivity index (χ4n) is 5.34. The molecule has 10 heteroatoms. The Balaban J connectivity index is 1.53. The number of carbonyl (C=O) groups excluding carboxylic acids is 2. The molecule has 4 heterocycles. The molecule has 0 saturated carbocycles. The molecule has 0 bridgehead atoms. The topological polar surface area (TPSA) is 95.9 Å². The van der Waals surface area contributed by atoms with E-state index in [0.717, 1.165) is 19.5 Å². The van der Waals surface area contributed by atoms with Gasteiger partial charge < -0.3 is 15.4 Å². The number of halogens is 1. The number of nitrogens with zero attached hydrogens (tertiary/aromatic N) is 3. The summed E-state index contributed by atoms with van der Waals surface area (Å²) >= 11 is 1.45. The summed E-state index contributed by atoms with van der Waals surface area (Å²) in [5.74, 6) is 0.645. The SMILES string of the molecule is CCOC(=O)C1=C(CN2CC[C@H]3CC(=O)NC[C@@H]3C2)NC(c2nccs2)=N[C@H]1c1cccc(F)c1C. The molecular formula is C26H30FN5O3S. The summed E-state index contributed by atoms with van der Waals surface area (Å²) in [6.07, 6.45) is 3.22. The molecule has 0 radical (unpaired) electrons. The van der Waals surface area contributed by atoms with Gasteiger partial charge in [0.25, 0.3) is 0 Å². The number of amides is 1. The fraction of sp³-hybridized carbons (Fsp3) is 0.462. The van der Waals surface area contributed by atoms with Crippen LogP contribution < -0.4 is 10.6 Å². The third-order valence-electron chi connectivity index (χ3n) is 7.23. The molecule has 1 amide bonds. The van der Waals surface area contributed by atoms with Gasteiger partial charge in [0, 0.05) is 43.3 Å². The van der Waals surface area contributed by atoms with Crippen LogP contribution in [0.15, 0.2) is 46.0 Å². The molecule has 3 aliphatic heterocycles. The summed E-state index contributed by atoms with van der Waals surface area (Å²) in [6.45, 7) is 6.50. The number of ether oxygens (including phenoxy) is 1. The lowest BCUT2D eigenvalue weighted by atomic mass is 9.80. The second-order valence-electron chi connectivity index (χ2n) is 9.46. The molecule has 0 spiro atoms. The maximum Gasteiger partial charge on any atom is 0.338 e. The Hall–Kier alpha value is -3.11. The minimum absolute atomic E-state index is 0.128. The number of thiazole rings is 1. The van der Waals surface area contributed by atoms with Crippen LogP contribution in [0.3, 0.4) is 0 Å². The van der Waals surface area contributed by atoms with Gasteiger partial charge in [0.15, 0.2) is 10.8 Å². The van der Waals surface area contributed by atoms with Crippen molar-refractivity contribution in [2.75, 3.05) is 32.8 Å². The minimum atomic E-state index is -0.721. The summed E-state index contributed by atoms with van der Waals surface area (Å²) in [7, 11) is 0. The van der Waals surface area contributed by atoms with Gasteiger partial charge in [-0.15, -0.1) is 11.3 Å². The van der Waals surface area contributed by atoms with Crippen LogP contribution >= 0.6 is 11.3 Å². The Morgan fingerprint density at radius 2 is 2.19 bits per heavy atom. The van der Waals surface area contributed by atoms with Crippen molar-refractivity contribution in [2.45, 2.75) is 32.7 Å². The number of likely N-dealkylation sites (tertiary alicyclic amines) is 1. The predicted octanol–water partition coefficient (Wildman–Crippen LogP) is 2.96. The molecular weight excluding hydrogens is 481 g/mol. The lowest BCUT2D eigenvalue weighted by molar-refractivity contribution is -0.139. The van der Waals surface area contributed by atoms with Crippen molar-refractivity contribution >= 4 is 29.0 Å². The number of fused-ring (bicyclic) bond motifs is 1. The molecule has 0 aliphatic carbocycles. The van der Waals surface area contributed by atoms with Crippen LogP contribution in [-0.2, 0) is 14.3 Å². The lowest BCUT2D eigenvalue weighted by Crippen LogP contribution is -2.51. The zero-order valence-corrected chi connectivity index (χ0v) is 21.2. The zero-order valence-electron chi connectivity index (χ0n) is 20.4. The predicted molar refractivity (Wildman–Crippen MR) is 135 cm³/mol. The molecule has 8 nitrogen and oxygen atoms in total. The number of aliphatic imine (C=N–C) groups is 1. The average molecular weight is 512 g/mol. The van der Waals surface area contributed by atoms with Crippen molar-refractivity contribution in [3.8, 4) is 0 Å². The highest BCUT2D eigenvalue weighted by molar-refractivity contribution is 7.11. The number of piperidine rings is 2. The molecule has 36 heavy (non-hydrogen) atoms. The Labute approximate surface area is 213 Å². The smallest absolute Gasteiger partial charge is 0.338 e. The van der Waals surface area contributed by atoms with Gasteiger partial charge >= 0.3 is 5.97 Å². The molecule has 3 aliphatic rings. The Morgan fingerprint density at radius 1 is 1.33 bits per heavy atom. The number of aromatic nitrogens is 1. The highest BCUT2D eigenvalue weighted by atomic mass is 32.1. The van der Waals surface area contributed by atoms with E-state index in [1.54, 1.807) is 26.1 Å². The van der Waals surface area contributed by atoms with Gasteiger partial charge in [0.2, 0.25) is 5.91 Å². The second-order valence-corrected chi connectivity index (χ2v) is 10.4. The van der Waals surface area contributed by atoms with Crippen LogP contribution in [0, 0.1) is 24.6 Å². The first-order valence-corrected chi connectivity index (χ1v) is 13.2. The van der Waals surface area contributed by atoms with E-state index < -0.39 is 12.0 Å². The van der Waals surface area contributed by atoms with Gasteiger partial charge in [-0.25, -0.2) is 14.2 Å². The van der Waals surface area contributed by atoms with Crippen LogP contribution in [0.4, 0.5) is 4.39 Å². The first-order chi connectivity index (χ1) is 17.4. The summed E-state index contributed by atoms with van der Waals surface area (Å²) in [4.78, 5) is 36.7. The summed E-state index contributed by atoms with van der Waals surface area (Å²) in [5, 5.41) is 8.93. The van der Waals surface area contributed by atoms with Gasteiger partial charge in [-0.3, -0.25) is 14.7 Å². The van der Waals surface area contributed by atoms with Gasteiger partial charge in [-0.1, -0.05) is 12.1 Å². The maximum atomic E-state index is 14.6. The van der Waals surface area contributed by atoms with E-state index in [9.17, 15) is 14.0 Å². The van der Waals surface area contributed by atoms with Crippen molar-refractivity contribution in [3.05, 3.63) is 63.0 Å². The van der Waals surface area contributed by atoms with E-state index in [1.165, 1.54) is 17.4 Å². The van der Waals surface area contributed by atoms with Crippen LogP contribution in [0.25, 0.3) is 0 Å². The van der Waals surface area contributed by atoms with Crippen LogP contribution in [0.2, 0.25) is 0 Å². The van der Waals surface area contributed by atoms with Gasteiger partial charge in [-0.05, 0) is 55.8 Å². The number of benzene rings is 1. The van der Waals surface area contributed by atoms with Crippen LogP contribution in [0.5, 0.6) is 0 Å². The van der Waals surface area contributed by atoms with Crippen molar-refractivity contribution in [1.29, 1.82) is 0 Å². The van der Waals surface area contributed by atoms with Crippen molar-refractivity contribution in [2.24, 2.45) is 16.8 Å². The van der Waals surface area contributed by atoms with E-state index in [-0.39, 0.29) is 18.3 Å². The molecule has 1 aromatic heterocycles. The van der Waals surface area contributed by atoms with Crippen molar-refractivity contribution < 1.29 is 18.7 Å². The van der Waals surface area contributed by atoms with Gasteiger partial charge in [0.1, 0.15) is 11.9 Å². The highest BCUT2D eigenvalue weighted by Crippen LogP contribution is 2.36. The van der Waals surface area contributed by atoms with Crippen molar-refractivity contribution in [3.63, 3.8) is 0 Å². The van der Waals surface area contributed by atoms with E-state index >= 15 is 0 Å². The summed E-state index contributed by atoms with van der Waals surface area (Å²) in [5.41, 5.74) is 2.16. The first kappa shape index (κ1) is 24.6. The number of nitrogens with one attached hydrogen (secondary N) is 2. The zero-order chi connectivity index (χ0) is 25.2. The van der Waals surface area contributed by atoms with E-state index in [0.29, 0.717) is 64.6 Å². The minimum Gasteiger partial charge on any atom is -0.463 e. The molecule has 0 unspecified atom stereocenters. The maximum absolute atomic E-state index is 14.6. The molecule has 1 aromatic carbocycles. The number of hydrogen-bond donors (Lipinski definition) is 2. The fourth-order valence-corrected chi connectivity index (χ4v) is 5.93. The first-order valence-electron chi connectivity index (χ1n) is 12.3. The second kappa shape index (κ2) is 10.5. The highest BCUT2D eigenvalue weighted by Gasteiger charge is 2.37. The van der Waals surface area contributed by atoms with E-state index in [4.69, 9.17) is 9.73 Å². The van der Waals surface area contributed by atoms with Crippen LogP contribution in [0.1, 0.15) is 41.9 Å². The lowest BCUT2D eigenvalue weighted by Gasteiger charge is -2.41. The monoisotopic (exact) mass is 511 g/mol. The van der Waals surface area contributed by atoms with Crippen LogP contribution in [-0.4, -0.2) is 60.4 Å². The average Bonchev–Trinajstić information content (AvgIpc) is 3.41. The number of amidine groups is 1. The summed E-state index contributed by atoms with van der Waals surface area (Å²) in [6, 6.07) is 4.14. The van der Waals surface area contributed by atoms with Gasteiger partial charge in [-0.2, -0.15) is 0 Å². The number of carbonyl (C=O) groups is 2. The number of esters is 1. The molecule has 2 aromatic rings. The third-order valence-corrected chi connectivity index (χ3v) is 8.01. The molecule has 2 saturated heterocycles. The van der Waals surface area contributed by atoms with Gasteiger partial charge in [0.05, 0.1) is 12.2 Å².